The van der Waals surface area contributed by atoms with Gasteiger partial charge >= 0.3 is 12.1 Å². The van der Waals surface area contributed by atoms with E-state index in [-0.39, 0.29) is 18.4 Å². The predicted octanol–water partition coefficient (Wildman–Crippen LogP) is 4.78. The third kappa shape index (κ3) is 9.77. The van der Waals surface area contributed by atoms with E-state index in [1.807, 2.05) is 48.5 Å². The van der Waals surface area contributed by atoms with Crippen molar-refractivity contribution >= 4 is 12.1 Å². The molecule has 36 heavy (non-hydrogen) atoms. The summed E-state index contributed by atoms with van der Waals surface area (Å²) in [6.45, 7) is 5.44. The van der Waals surface area contributed by atoms with Crippen LogP contribution in [-0.2, 0) is 32.0 Å². The number of ether oxygens (including phenoxy) is 5. The molecule has 8 heteroatoms. The van der Waals surface area contributed by atoms with Crippen LogP contribution in [-0.4, -0.2) is 52.6 Å². The van der Waals surface area contributed by atoms with Gasteiger partial charge in [-0.05, 0) is 47.9 Å². The zero-order valence-electron chi connectivity index (χ0n) is 22.0. The maximum Gasteiger partial charge on any atom is 0.408 e. The number of carbonyl (C=O) groups excluding carboxylic acids is 2. The molecule has 198 valence electrons. The molecule has 0 aliphatic rings. The minimum atomic E-state index is -0.825. The first-order chi connectivity index (χ1) is 17.4. The van der Waals surface area contributed by atoms with Crippen LogP contribution < -0.4 is 14.8 Å². The maximum absolute atomic E-state index is 12.5. The molecule has 0 aliphatic heterocycles. The van der Waals surface area contributed by atoms with Gasteiger partial charge in [0.25, 0.3) is 0 Å². The topological polar surface area (TPSA) is 92.3 Å². The van der Waals surface area contributed by atoms with Gasteiger partial charge in [0.05, 0.1) is 20.8 Å². The summed E-state index contributed by atoms with van der Waals surface area (Å²) in [6.07, 6.45) is 1.20. The van der Waals surface area contributed by atoms with Crippen LogP contribution in [0.1, 0.15) is 37.8 Å². The van der Waals surface area contributed by atoms with Gasteiger partial charge < -0.3 is 29.0 Å². The molecule has 0 saturated carbocycles. The van der Waals surface area contributed by atoms with Crippen LogP contribution in [0.4, 0.5) is 4.79 Å². The van der Waals surface area contributed by atoms with Crippen LogP contribution in [0.2, 0.25) is 0 Å². The summed E-state index contributed by atoms with van der Waals surface area (Å²) in [5, 5.41) is 2.69. The normalized spacial score (nSPS) is 12.5. The second-order valence-corrected chi connectivity index (χ2v) is 8.91. The summed E-state index contributed by atoms with van der Waals surface area (Å²) in [6, 6.07) is 14.4. The highest BCUT2D eigenvalue weighted by Crippen LogP contribution is 2.31. The summed E-state index contributed by atoms with van der Waals surface area (Å²) in [5.74, 6) is 1.15. The van der Waals surface area contributed by atoms with E-state index in [1.165, 1.54) is 7.11 Å². The van der Waals surface area contributed by atoms with Gasteiger partial charge in [-0.1, -0.05) is 50.2 Å². The molecule has 0 aromatic heterocycles. The average molecular weight is 502 g/mol. The first kappa shape index (κ1) is 29.0. The molecular formula is C28H39NO7. The Balaban J connectivity index is 2.06. The Morgan fingerprint density at radius 2 is 1.67 bits per heavy atom. The molecule has 2 unspecified atom stereocenters. The fourth-order valence-corrected chi connectivity index (χ4v) is 3.81. The van der Waals surface area contributed by atoms with Crippen LogP contribution in [0.15, 0.2) is 48.5 Å². The summed E-state index contributed by atoms with van der Waals surface area (Å²) >= 11 is 0. The lowest BCUT2D eigenvalue weighted by molar-refractivity contribution is -0.143. The van der Waals surface area contributed by atoms with Crippen molar-refractivity contribution in [2.45, 2.75) is 45.8 Å². The molecule has 2 atom stereocenters. The third-order valence-electron chi connectivity index (χ3n) is 5.95. The van der Waals surface area contributed by atoms with E-state index in [0.29, 0.717) is 37.6 Å². The van der Waals surface area contributed by atoms with Crippen LogP contribution in [0.5, 0.6) is 11.5 Å². The monoisotopic (exact) mass is 501 g/mol. The second-order valence-electron chi connectivity index (χ2n) is 8.91. The minimum absolute atomic E-state index is 0.0817. The van der Waals surface area contributed by atoms with E-state index in [9.17, 15) is 9.59 Å². The summed E-state index contributed by atoms with van der Waals surface area (Å²) in [4.78, 5) is 24.9. The molecule has 8 nitrogen and oxygen atoms in total. The summed E-state index contributed by atoms with van der Waals surface area (Å²) in [7, 11) is 4.58. The number of hydrogen-bond donors (Lipinski definition) is 1. The Morgan fingerprint density at radius 1 is 0.917 bits per heavy atom. The highest BCUT2D eigenvalue weighted by molar-refractivity contribution is 5.81. The van der Waals surface area contributed by atoms with Gasteiger partial charge in [-0.3, -0.25) is 0 Å². The van der Waals surface area contributed by atoms with Crippen molar-refractivity contribution < 1.29 is 33.3 Å². The molecular weight excluding hydrogens is 462 g/mol. The number of esters is 1. The summed E-state index contributed by atoms with van der Waals surface area (Å²) < 4.78 is 26.7. The van der Waals surface area contributed by atoms with E-state index < -0.39 is 18.1 Å². The number of nitrogens with one attached hydrogen (secondary N) is 1. The van der Waals surface area contributed by atoms with E-state index in [2.05, 4.69) is 19.2 Å². The van der Waals surface area contributed by atoms with Crippen LogP contribution >= 0.6 is 0 Å². The van der Waals surface area contributed by atoms with Crippen molar-refractivity contribution in [2.24, 2.45) is 11.8 Å². The van der Waals surface area contributed by atoms with Gasteiger partial charge in [0.15, 0.2) is 11.5 Å². The molecule has 0 saturated heterocycles. The van der Waals surface area contributed by atoms with Gasteiger partial charge in [-0.2, -0.15) is 0 Å². The number of amides is 1. The van der Waals surface area contributed by atoms with E-state index >= 15 is 0 Å². The molecule has 1 amide bonds. The Bertz CT molecular complexity index is 933. The van der Waals surface area contributed by atoms with E-state index in [0.717, 1.165) is 17.5 Å². The van der Waals surface area contributed by atoms with Crippen LogP contribution in [0, 0.1) is 11.8 Å². The zero-order chi connectivity index (χ0) is 26.3. The number of hydrogen-bond acceptors (Lipinski definition) is 7. The van der Waals surface area contributed by atoms with Crippen LogP contribution in [0.3, 0.4) is 0 Å². The first-order valence-electron chi connectivity index (χ1n) is 12.2. The van der Waals surface area contributed by atoms with Gasteiger partial charge in [0, 0.05) is 20.1 Å². The first-order valence-corrected chi connectivity index (χ1v) is 12.2. The number of carbonyl (C=O) groups is 2. The fraction of sp³-hybridized carbons (Fsp3) is 0.500. The molecule has 2 aromatic carbocycles. The van der Waals surface area contributed by atoms with Gasteiger partial charge in [0.2, 0.25) is 0 Å². The molecule has 2 rings (SSSR count). The lowest BCUT2D eigenvalue weighted by Gasteiger charge is -2.26. The minimum Gasteiger partial charge on any atom is -0.493 e. The van der Waals surface area contributed by atoms with Crippen molar-refractivity contribution in [3.63, 3.8) is 0 Å². The summed E-state index contributed by atoms with van der Waals surface area (Å²) in [5.41, 5.74) is 1.91. The van der Waals surface area contributed by atoms with Crippen molar-refractivity contribution in [3.05, 3.63) is 59.7 Å². The predicted molar refractivity (Wildman–Crippen MR) is 137 cm³/mol. The fourth-order valence-electron chi connectivity index (χ4n) is 3.81. The smallest absolute Gasteiger partial charge is 0.408 e. The average Bonchev–Trinajstić information content (AvgIpc) is 2.89. The number of methoxy groups -OCH3 is 3. The molecule has 1 N–H and O–H groups in total. The largest absolute Gasteiger partial charge is 0.493 e. The van der Waals surface area contributed by atoms with Crippen molar-refractivity contribution in [3.8, 4) is 11.5 Å². The molecule has 0 fully saturated rings. The Labute approximate surface area is 214 Å². The Hall–Kier alpha value is -3.26. The molecule has 0 radical (unpaired) electrons. The van der Waals surface area contributed by atoms with Gasteiger partial charge in [0.1, 0.15) is 12.6 Å². The van der Waals surface area contributed by atoms with E-state index in [1.54, 1.807) is 14.2 Å². The zero-order valence-corrected chi connectivity index (χ0v) is 22.0. The second kappa shape index (κ2) is 15.7. The van der Waals surface area contributed by atoms with Gasteiger partial charge in [-0.25, -0.2) is 9.59 Å². The number of alkyl carbamates (subject to hydrolysis) is 1. The Morgan fingerprint density at radius 3 is 2.31 bits per heavy atom. The molecule has 0 bridgehead atoms. The molecule has 0 heterocycles. The molecule has 2 aromatic rings. The lowest BCUT2D eigenvalue weighted by atomic mass is 9.84. The highest BCUT2D eigenvalue weighted by atomic mass is 16.6. The standard InChI is InChI=1S/C28H39NO7/c1-20(2)23(16-22-12-13-25(33-4)26(17-22)35-15-9-14-32-3)18-24(27(30)34-5)29-28(31)36-19-21-10-7-6-8-11-21/h6-8,10-13,17,20,23-24H,9,14-16,18-19H2,1-5H3,(H,29,31). The lowest BCUT2D eigenvalue weighted by Crippen LogP contribution is -2.43. The maximum atomic E-state index is 12.5. The van der Waals surface area contributed by atoms with Crippen molar-refractivity contribution in [2.75, 3.05) is 34.5 Å². The molecule has 0 aliphatic carbocycles. The number of rotatable bonds is 15. The quantitative estimate of drug-likeness (QED) is 0.277. The number of benzene rings is 2. The van der Waals surface area contributed by atoms with Crippen molar-refractivity contribution in [1.82, 2.24) is 5.32 Å². The SMILES string of the molecule is COCCCOc1cc(CC(CC(NC(=O)OCc2ccccc2)C(=O)OC)C(C)C)ccc1OC. The third-order valence-corrected chi connectivity index (χ3v) is 5.95. The van der Waals surface area contributed by atoms with Gasteiger partial charge in [-0.15, -0.1) is 0 Å². The molecule has 0 spiro atoms. The van der Waals surface area contributed by atoms with Crippen molar-refractivity contribution in [1.29, 1.82) is 0 Å². The van der Waals surface area contributed by atoms with Crippen LogP contribution in [0.25, 0.3) is 0 Å². The highest BCUT2D eigenvalue weighted by Gasteiger charge is 2.28. The Kier molecular flexibility index (Phi) is 12.6. The van der Waals surface area contributed by atoms with E-state index in [4.69, 9.17) is 23.7 Å².